The van der Waals surface area contributed by atoms with Gasteiger partial charge < -0.3 is 25.0 Å². The van der Waals surface area contributed by atoms with Crippen molar-refractivity contribution in [1.82, 2.24) is 34.5 Å². The topological polar surface area (TPSA) is 158 Å². The van der Waals surface area contributed by atoms with E-state index < -0.39 is 6.04 Å². The zero-order valence-corrected chi connectivity index (χ0v) is 24.4. The average molecular weight is 594 g/mol. The predicted octanol–water partition coefficient (Wildman–Crippen LogP) is 4.78. The van der Waals surface area contributed by atoms with E-state index in [1.807, 2.05) is 61.0 Å². The summed E-state index contributed by atoms with van der Waals surface area (Å²) in [5.74, 6) is 1.53. The molecular weight excluding hydrogens is 562 g/mol. The molecule has 6 rings (SSSR count). The van der Waals surface area contributed by atoms with Crippen LogP contribution in [0.25, 0.3) is 34.0 Å². The van der Waals surface area contributed by atoms with Crippen molar-refractivity contribution in [3.05, 3.63) is 95.0 Å². The summed E-state index contributed by atoms with van der Waals surface area (Å²) in [5.41, 5.74) is 2.94. The highest BCUT2D eigenvalue weighted by Crippen LogP contribution is 2.33. The number of rotatable bonds is 11. The Kier molecular flexibility index (Phi) is 8.12. The first-order chi connectivity index (χ1) is 21.5. The molecule has 6 aromatic rings. The molecule has 13 heteroatoms. The van der Waals surface area contributed by atoms with Gasteiger partial charge >= 0.3 is 0 Å². The van der Waals surface area contributed by atoms with Crippen LogP contribution in [-0.4, -0.2) is 53.3 Å². The number of aliphatic hydroxyl groups excluding tert-OH is 1. The molecule has 0 radical (unpaired) electrons. The summed E-state index contributed by atoms with van der Waals surface area (Å²) in [7, 11) is 1.54. The number of pyridine rings is 3. The van der Waals surface area contributed by atoms with Gasteiger partial charge in [0, 0.05) is 31.6 Å². The van der Waals surface area contributed by atoms with Gasteiger partial charge in [-0.2, -0.15) is 4.98 Å². The lowest BCUT2D eigenvalue weighted by molar-refractivity contribution is 0.103. The molecule has 44 heavy (non-hydrogen) atoms. The summed E-state index contributed by atoms with van der Waals surface area (Å²) in [6, 6.07) is 19.8. The van der Waals surface area contributed by atoms with Crippen molar-refractivity contribution in [1.29, 1.82) is 0 Å². The highest BCUT2D eigenvalue weighted by Gasteiger charge is 2.21. The number of nitrogens with zero attached hydrogens (tertiary/aromatic N) is 7. The van der Waals surface area contributed by atoms with E-state index in [2.05, 4.69) is 30.7 Å². The lowest BCUT2D eigenvalue weighted by atomic mass is 10.1. The van der Waals surface area contributed by atoms with E-state index in [0.29, 0.717) is 45.4 Å². The maximum atomic E-state index is 13.0. The van der Waals surface area contributed by atoms with Crippen LogP contribution in [0, 0.1) is 0 Å². The largest absolute Gasteiger partial charge is 0.394 e. The van der Waals surface area contributed by atoms with Crippen LogP contribution < -0.4 is 16.2 Å². The molecule has 5 heterocycles. The minimum atomic E-state index is -0.432. The first-order valence-electron chi connectivity index (χ1n) is 14.0. The fourth-order valence-electron chi connectivity index (χ4n) is 4.96. The molecule has 0 aliphatic rings. The number of ether oxygens (including phenoxy) is 1. The predicted molar refractivity (Wildman–Crippen MR) is 165 cm³/mol. The highest BCUT2D eigenvalue weighted by molar-refractivity contribution is 5.79. The Bertz CT molecular complexity index is 1940. The molecule has 1 aromatic carbocycles. The fourth-order valence-corrected chi connectivity index (χ4v) is 4.96. The second-order valence-corrected chi connectivity index (χ2v) is 10.3. The number of anilines is 3. The molecule has 5 aromatic heterocycles. The number of benzene rings is 1. The summed E-state index contributed by atoms with van der Waals surface area (Å²) in [6.07, 6.45) is 3.27. The molecule has 224 valence electrons. The molecule has 0 fully saturated rings. The molecule has 0 aliphatic carbocycles. The van der Waals surface area contributed by atoms with Gasteiger partial charge in [-0.15, -0.1) is 0 Å². The number of methoxy groups -OCH3 is 1. The summed E-state index contributed by atoms with van der Waals surface area (Å²) in [5, 5.41) is 21.5. The third-order valence-corrected chi connectivity index (χ3v) is 6.98. The van der Waals surface area contributed by atoms with Gasteiger partial charge in [0.15, 0.2) is 5.65 Å². The Balaban J connectivity index is 1.39. The smallest absolute Gasteiger partial charge is 0.278 e. The quantitative estimate of drug-likeness (QED) is 0.190. The van der Waals surface area contributed by atoms with Gasteiger partial charge in [-0.05, 0) is 43.7 Å². The molecule has 0 amide bonds. The Morgan fingerprint density at radius 3 is 2.55 bits per heavy atom. The number of hydrogen-bond acceptors (Lipinski definition) is 11. The SMILES string of the molecule is COCn1c(=O)c2ccc(Nc3cc(N[C@H](CO)c4ccccc4)c(-c4nc(-c5ccccn5)no4)cn3)nc2n1C(C)C. The van der Waals surface area contributed by atoms with Crippen molar-refractivity contribution < 1.29 is 14.4 Å². The zero-order valence-electron chi connectivity index (χ0n) is 24.4. The van der Waals surface area contributed by atoms with E-state index in [-0.39, 0.29) is 30.8 Å². The average Bonchev–Trinajstić information content (AvgIpc) is 3.64. The Hall–Kier alpha value is -5.40. The van der Waals surface area contributed by atoms with Crippen molar-refractivity contribution in [2.75, 3.05) is 24.4 Å². The van der Waals surface area contributed by atoms with Crippen molar-refractivity contribution in [2.24, 2.45) is 0 Å². The summed E-state index contributed by atoms with van der Waals surface area (Å²) >= 11 is 0. The van der Waals surface area contributed by atoms with Gasteiger partial charge in [-0.25, -0.2) is 14.6 Å². The van der Waals surface area contributed by atoms with Crippen molar-refractivity contribution in [3.63, 3.8) is 0 Å². The van der Waals surface area contributed by atoms with Crippen LogP contribution in [0.5, 0.6) is 0 Å². The van der Waals surface area contributed by atoms with E-state index in [1.165, 1.54) is 4.68 Å². The van der Waals surface area contributed by atoms with Gasteiger partial charge in [-0.3, -0.25) is 14.5 Å². The Morgan fingerprint density at radius 1 is 1.00 bits per heavy atom. The van der Waals surface area contributed by atoms with Crippen LogP contribution >= 0.6 is 0 Å². The maximum Gasteiger partial charge on any atom is 0.278 e. The van der Waals surface area contributed by atoms with Crippen LogP contribution in [0.15, 0.2) is 88.4 Å². The van der Waals surface area contributed by atoms with Crippen LogP contribution in [0.3, 0.4) is 0 Å². The maximum absolute atomic E-state index is 13.0. The number of fused-ring (bicyclic) bond motifs is 1. The monoisotopic (exact) mass is 593 g/mol. The van der Waals surface area contributed by atoms with Gasteiger partial charge in [0.25, 0.3) is 11.4 Å². The van der Waals surface area contributed by atoms with E-state index in [4.69, 9.17) is 14.2 Å². The van der Waals surface area contributed by atoms with Gasteiger partial charge in [0.1, 0.15) is 24.1 Å². The molecule has 0 unspecified atom stereocenters. The number of nitrogens with one attached hydrogen (secondary N) is 2. The normalized spacial score (nSPS) is 12.1. The summed E-state index contributed by atoms with van der Waals surface area (Å²) in [4.78, 5) is 31.2. The van der Waals surface area contributed by atoms with Gasteiger partial charge in [-0.1, -0.05) is 41.6 Å². The minimum Gasteiger partial charge on any atom is -0.394 e. The number of hydrogen-bond donors (Lipinski definition) is 3. The lowest BCUT2D eigenvalue weighted by Crippen LogP contribution is -2.25. The van der Waals surface area contributed by atoms with E-state index in [0.717, 1.165) is 5.56 Å². The first kappa shape index (κ1) is 28.7. The number of aliphatic hydroxyl groups is 1. The van der Waals surface area contributed by atoms with Gasteiger partial charge in [0.05, 0.1) is 29.3 Å². The third kappa shape index (κ3) is 5.65. The van der Waals surface area contributed by atoms with E-state index >= 15 is 0 Å². The summed E-state index contributed by atoms with van der Waals surface area (Å²) in [6.45, 7) is 3.90. The van der Waals surface area contributed by atoms with Crippen molar-refractivity contribution in [3.8, 4) is 23.0 Å². The molecule has 0 saturated heterocycles. The third-order valence-electron chi connectivity index (χ3n) is 6.98. The Morgan fingerprint density at radius 2 is 1.82 bits per heavy atom. The minimum absolute atomic E-state index is 0.0369. The molecule has 1 atom stereocenters. The highest BCUT2D eigenvalue weighted by atomic mass is 16.5. The number of aromatic nitrogens is 7. The second kappa shape index (κ2) is 12.5. The molecule has 0 aliphatic heterocycles. The molecule has 0 spiro atoms. The fraction of sp³-hybridized carbons (Fsp3) is 0.226. The zero-order chi connectivity index (χ0) is 30.6. The Labute approximate surface area is 252 Å². The molecule has 3 N–H and O–H groups in total. The van der Waals surface area contributed by atoms with Crippen LogP contribution in [0.1, 0.15) is 31.5 Å². The summed E-state index contributed by atoms with van der Waals surface area (Å²) < 4.78 is 14.2. The van der Waals surface area contributed by atoms with Crippen molar-refractivity contribution >= 4 is 28.4 Å². The van der Waals surface area contributed by atoms with Gasteiger partial charge in [0.2, 0.25) is 5.82 Å². The molecule has 13 nitrogen and oxygen atoms in total. The molecule has 0 bridgehead atoms. The molecule has 0 saturated carbocycles. The molecular formula is C31H31N9O4. The van der Waals surface area contributed by atoms with Crippen molar-refractivity contribution in [2.45, 2.75) is 32.7 Å². The lowest BCUT2D eigenvalue weighted by Gasteiger charge is -2.20. The standard InChI is InChI=1S/C31H31N9O4/c1-19(2)40-29-21(31(42)39(40)18-43-3)12-13-26(36-29)35-27-15-24(34-25(17-41)20-9-5-4-6-10-20)22(16-33-27)30-37-28(38-44-30)23-11-7-8-14-32-23/h4-16,19,25,41H,17-18H2,1-3H3,(H2,33,34,35,36)/t25-/m1/s1. The van der Waals surface area contributed by atoms with Crippen LogP contribution in [-0.2, 0) is 11.5 Å². The second-order valence-electron chi connectivity index (χ2n) is 10.3. The van der Waals surface area contributed by atoms with E-state index in [1.54, 1.807) is 43.8 Å². The first-order valence-corrected chi connectivity index (χ1v) is 14.0. The van der Waals surface area contributed by atoms with E-state index in [9.17, 15) is 9.90 Å². The van der Waals surface area contributed by atoms with Crippen LogP contribution in [0.4, 0.5) is 17.3 Å². The van der Waals surface area contributed by atoms with Crippen LogP contribution in [0.2, 0.25) is 0 Å².